The van der Waals surface area contributed by atoms with E-state index in [1.54, 1.807) is 17.0 Å². The number of fused-ring (bicyclic) bond motifs is 1. The maximum absolute atomic E-state index is 13.0. The number of rotatable bonds is 1. The maximum Gasteiger partial charge on any atom is 0.238 e. The Hall–Kier alpha value is -1.09. The van der Waals surface area contributed by atoms with Gasteiger partial charge in [0.2, 0.25) is 5.91 Å². The van der Waals surface area contributed by atoms with Crippen molar-refractivity contribution >= 4 is 17.5 Å². The van der Waals surface area contributed by atoms with Gasteiger partial charge in [-0.15, -0.1) is 11.6 Å². The Labute approximate surface area is 99.0 Å². The summed E-state index contributed by atoms with van der Waals surface area (Å²) >= 11 is 5.55. The summed E-state index contributed by atoms with van der Waals surface area (Å²) in [5.74, 6) is -0.284. The van der Waals surface area contributed by atoms with Crippen LogP contribution in [0, 0.1) is 5.82 Å². The predicted octanol–water partition coefficient (Wildman–Crippen LogP) is 2.51. The molecule has 1 unspecified atom stereocenters. The zero-order chi connectivity index (χ0) is 11.7. The van der Waals surface area contributed by atoms with E-state index in [-0.39, 0.29) is 23.6 Å². The van der Waals surface area contributed by atoms with E-state index in [4.69, 9.17) is 11.6 Å². The van der Waals surface area contributed by atoms with E-state index in [0.29, 0.717) is 13.0 Å². The van der Waals surface area contributed by atoms with Gasteiger partial charge < -0.3 is 4.90 Å². The molecule has 4 heteroatoms. The van der Waals surface area contributed by atoms with Gasteiger partial charge >= 0.3 is 0 Å². The van der Waals surface area contributed by atoms with Crippen LogP contribution in [0.4, 0.5) is 4.39 Å². The summed E-state index contributed by atoms with van der Waals surface area (Å²) in [5, 5.41) is 0. The molecule has 0 spiro atoms. The van der Waals surface area contributed by atoms with Gasteiger partial charge in [-0.2, -0.15) is 0 Å². The fourth-order valence-electron chi connectivity index (χ4n) is 2.22. The van der Waals surface area contributed by atoms with Crippen LogP contribution in [0.3, 0.4) is 0 Å². The second-order valence-corrected chi connectivity index (χ2v) is 4.26. The van der Waals surface area contributed by atoms with Crippen LogP contribution in [0.15, 0.2) is 18.2 Å². The molecule has 0 aromatic heterocycles. The van der Waals surface area contributed by atoms with Crippen LogP contribution in [0.1, 0.15) is 24.1 Å². The van der Waals surface area contributed by atoms with Gasteiger partial charge in [-0.3, -0.25) is 4.79 Å². The number of carbonyl (C=O) groups excluding carboxylic acids is 1. The Kier molecular flexibility index (Phi) is 3.15. The highest BCUT2D eigenvalue weighted by Gasteiger charge is 2.26. The van der Waals surface area contributed by atoms with E-state index in [9.17, 15) is 9.18 Å². The third-order valence-corrected chi connectivity index (χ3v) is 3.31. The predicted molar refractivity (Wildman–Crippen MR) is 61.0 cm³/mol. The van der Waals surface area contributed by atoms with Crippen LogP contribution in [0.5, 0.6) is 0 Å². The van der Waals surface area contributed by atoms with E-state index in [0.717, 1.165) is 11.1 Å². The SMILES string of the molecule is CC1c2ccc(F)cc2CCN1C(=O)CCl. The summed E-state index contributed by atoms with van der Waals surface area (Å²) in [6.07, 6.45) is 0.695. The molecule has 16 heavy (non-hydrogen) atoms. The molecule has 0 fully saturated rings. The molecule has 2 rings (SSSR count). The molecule has 0 saturated heterocycles. The van der Waals surface area contributed by atoms with E-state index in [1.165, 1.54) is 6.07 Å². The Morgan fingerprint density at radius 3 is 3.06 bits per heavy atom. The topological polar surface area (TPSA) is 20.3 Å². The summed E-state index contributed by atoms with van der Waals surface area (Å²) in [6.45, 7) is 2.56. The van der Waals surface area contributed by atoms with Crippen molar-refractivity contribution < 1.29 is 9.18 Å². The first-order valence-corrected chi connectivity index (χ1v) is 5.80. The summed E-state index contributed by atoms with van der Waals surface area (Å²) in [7, 11) is 0. The van der Waals surface area contributed by atoms with Gasteiger partial charge in [0.05, 0.1) is 6.04 Å². The average Bonchev–Trinajstić information content (AvgIpc) is 2.28. The molecule has 1 aliphatic heterocycles. The Morgan fingerprint density at radius 1 is 1.62 bits per heavy atom. The van der Waals surface area contributed by atoms with E-state index in [1.807, 2.05) is 6.92 Å². The summed E-state index contributed by atoms with van der Waals surface area (Å²) in [6, 6.07) is 4.72. The van der Waals surface area contributed by atoms with Crippen molar-refractivity contribution in [1.29, 1.82) is 0 Å². The number of halogens is 2. The lowest BCUT2D eigenvalue weighted by Crippen LogP contribution is -2.39. The molecule has 0 bridgehead atoms. The second kappa shape index (κ2) is 4.42. The molecule has 1 atom stereocenters. The first-order chi connectivity index (χ1) is 7.63. The molecule has 1 amide bonds. The summed E-state index contributed by atoms with van der Waals surface area (Å²) in [5.41, 5.74) is 2.01. The monoisotopic (exact) mass is 241 g/mol. The van der Waals surface area contributed by atoms with Gasteiger partial charge in [0.15, 0.2) is 0 Å². The molecule has 0 radical (unpaired) electrons. The minimum absolute atomic E-state index is 0.000861. The summed E-state index contributed by atoms with van der Waals surface area (Å²) < 4.78 is 13.0. The molecule has 1 aromatic carbocycles. The molecule has 0 saturated carbocycles. The fraction of sp³-hybridized carbons (Fsp3) is 0.417. The van der Waals surface area contributed by atoms with Gasteiger partial charge in [-0.1, -0.05) is 6.07 Å². The lowest BCUT2D eigenvalue weighted by atomic mass is 9.93. The normalized spacial score (nSPS) is 19.4. The van der Waals surface area contributed by atoms with Gasteiger partial charge in [0, 0.05) is 6.54 Å². The quantitative estimate of drug-likeness (QED) is 0.692. The van der Waals surface area contributed by atoms with Crippen LogP contribution >= 0.6 is 11.6 Å². The number of nitrogens with zero attached hydrogens (tertiary/aromatic N) is 1. The zero-order valence-electron chi connectivity index (χ0n) is 9.04. The second-order valence-electron chi connectivity index (χ2n) is 3.99. The van der Waals surface area contributed by atoms with E-state index >= 15 is 0 Å². The fourth-order valence-corrected chi connectivity index (χ4v) is 2.37. The van der Waals surface area contributed by atoms with Crippen LogP contribution in [0.25, 0.3) is 0 Å². The molecular weight excluding hydrogens is 229 g/mol. The van der Waals surface area contributed by atoms with Crippen molar-refractivity contribution in [3.63, 3.8) is 0 Å². The first-order valence-electron chi connectivity index (χ1n) is 5.27. The zero-order valence-corrected chi connectivity index (χ0v) is 9.80. The Balaban J connectivity index is 2.32. The highest BCUT2D eigenvalue weighted by atomic mass is 35.5. The molecule has 0 aliphatic carbocycles. The lowest BCUT2D eigenvalue weighted by molar-refractivity contribution is -0.130. The molecule has 0 N–H and O–H groups in total. The van der Waals surface area contributed by atoms with Crippen molar-refractivity contribution in [2.75, 3.05) is 12.4 Å². The third kappa shape index (κ3) is 1.92. The molecular formula is C12H13ClFNO. The largest absolute Gasteiger partial charge is 0.335 e. The maximum atomic E-state index is 13.0. The molecule has 2 nitrogen and oxygen atoms in total. The number of amides is 1. The van der Waals surface area contributed by atoms with Gasteiger partial charge in [0.1, 0.15) is 11.7 Å². The first kappa shape index (κ1) is 11.4. The van der Waals surface area contributed by atoms with Crippen molar-refractivity contribution in [3.8, 4) is 0 Å². The summed E-state index contributed by atoms with van der Waals surface area (Å²) in [4.78, 5) is 13.3. The number of hydrogen-bond acceptors (Lipinski definition) is 1. The standard InChI is InChI=1S/C12H13ClFNO/c1-8-11-3-2-10(14)6-9(11)4-5-15(8)12(16)7-13/h2-3,6,8H,4-5,7H2,1H3. The van der Waals surface area contributed by atoms with Crippen LogP contribution in [-0.2, 0) is 11.2 Å². The number of benzene rings is 1. The van der Waals surface area contributed by atoms with Gasteiger partial charge in [-0.05, 0) is 36.6 Å². The van der Waals surface area contributed by atoms with E-state index in [2.05, 4.69) is 0 Å². The van der Waals surface area contributed by atoms with Crippen molar-refractivity contribution in [2.45, 2.75) is 19.4 Å². The van der Waals surface area contributed by atoms with Crippen molar-refractivity contribution in [3.05, 3.63) is 35.1 Å². The van der Waals surface area contributed by atoms with Gasteiger partial charge in [-0.25, -0.2) is 4.39 Å². The Bertz CT molecular complexity index is 421. The highest BCUT2D eigenvalue weighted by Crippen LogP contribution is 2.29. The number of hydrogen-bond donors (Lipinski definition) is 0. The van der Waals surface area contributed by atoms with E-state index < -0.39 is 0 Å². The minimum atomic E-state index is -0.219. The van der Waals surface area contributed by atoms with Crippen LogP contribution < -0.4 is 0 Å². The Morgan fingerprint density at radius 2 is 2.38 bits per heavy atom. The molecule has 1 aliphatic rings. The molecule has 1 heterocycles. The van der Waals surface area contributed by atoms with Crippen LogP contribution in [0.2, 0.25) is 0 Å². The van der Waals surface area contributed by atoms with Crippen molar-refractivity contribution in [2.24, 2.45) is 0 Å². The number of carbonyl (C=O) groups is 1. The average molecular weight is 242 g/mol. The highest BCUT2D eigenvalue weighted by molar-refractivity contribution is 6.27. The van der Waals surface area contributed by atoms with Crippen LogP contribution in [-0.4, -0.2) is 23.2 Å². The minimum Gasteiger partial charge on any atom is -0.335 e. The van der Waals surface area contributed by atoms with Crippen molar-refractivity contribution in [1.82, 2.24) is 4.90 Å². The smallest absolute Gasteiger partial charge is 0.238 e. The lowest BCUT2D eigenvalue weighted by Gasteiger charge is -2.35. The van der Waals surface area contributed by atoms with Gasteiger partial charge in [0.25, 0.3) is 0 Å². The molecule has 86 valence electrons. The molecule has 1 aromatic rings. The third-order valence-electron chi connectivity index (χ3n) is 3.08. The number of alkyl halides is 1.